The number of anilines is 3. The first kappa shape index (κ1) is 49.1. The third kappa shape index (κ3) is 12.7. The van der Waals surface area contributed by atoms with Crippen LogP contribution in [0.5, 0.6) is 5.75 Å². The van der Waals surface area contributed by atoms with E-state index in [0.29, 0.717) is 27.3 Å². The van der Waals surface area contributed by atoms with Gasteiger partial charge in [-0.15, -0.1) is 5.10 Å². The van der Waals surface area contributed by atoms with Gasteiger partial charge < -0.3 is 34.5 Å². The number of nitrogens with one attached hydrogen (secondary N) is 2. The minimum atomic E-state index is -4.88. The molecule has 3 aromatic carbocycles. The summed E-state index contributed by atoms with van der Waals surface area (Å²) in [6.45, 7) is 8.08. The Bertz CT molecular complexity index is 2620. The molecule has 2 aromatic heterocycles. The van der Waals surface area contributed by atoms with E-state index in [4.69, 9.17) is 18.9 Å². The van der Waals surface area contributed by atoms with Crippen LogP contribution in [0.3, 0.4) is 0 Å². The maximum atomic E-state index is 14.1. The van der Waals surface area contributed by atoms with Crippen molar-refractivity contribution >= 4 is 52.9 Å². The zero-order chi connectivity index (χ0) is 49.0. The fourth-order valence-corrected chi connectivity index (χ4v) is 6.55. The Labute approximate surface area is 381 Å². The molecule has 1 fully saturated rings. The van der Waals surface area contributed by atoms with Crippen molar-refractivity contribution in [3.05, 3.63) is 102 Å². The zero-order valence-electron chi connectivity index (χ0n) is 37.4. The number of hydrogen-bond donors (Lipinski definition) is 2. The lowest BCUT2D eigenvalue weighted by molar-refractivity contribution is -0.157. The molecule has 5 aromatic rings. The van der Waals surface area contributed by atoms with E-state index in [-0.39, 0.29) is 30.2 Å². The molecular weight excluding hydrogens is 890 g/mol. The molecule has 0 bridgehead atoms. The highest BCUT2D eigenvalue weighted by Gasteiger charge is 2.37. The Morgan fingerprint density at radius 2 is 1.54 bits per heavy atom. The lowest BCUT2D eigenvalue weighted by Gasteiger charge is -2.34. The van der Waals surface area contributed by atoms with Crippen LogP contribution in [-0.4, -0.2) is 99.9 Å². The molecule has 67 heavy (non-hydrogen) atoms. The number of alkyl halides is 4. The van der Waals surface area contributed by atoms with Gasteiger partial charge in [0.05, 0.1) is 24.7 Å². The van der Waals surface area contributed by atoms with Gasteiger partial charge in [0.15, 0.2) is 12.3 Å². The van der Waals surface area contributed by atoms with Crippen molar-refractivity contribution in [2.24, 2.45) is 5.41 Å². The fraction of sp³-hybridized carbons (Fsp3) is 0.370. The van der Waals surface area contributed by atoms with Crippen LogP contribution in [0.4, 0.5) is 48.9 Å². The smallest absolute Gasteiger partial charge is 0.424 e. The molecule has 0 radical (unpaired) electrons. The fourth-order valence-electron chi connectivity index (χ4n) is 6.55. The van der Waals surface area contributed by atoms with Crippen molar-refractivity contribution in [1.82, 2.24) is 24.8 Å². The molecule has 3 heterocycles. The van der Waals surface area contributed by atoms with E-state index in [1.54, 1.807) is 84.9 Å². The van der Waals surface area contributed by atoms with Gasteiger partial charge in [-0.1, -0.05) is 45.0 Å². The first-order valence-electron chi connectivity index (χ1n) is 20.8. The second-order valence-electron chi connectivity index (χ2n) is 17.6. The van der Waals surface area contributed by atoms with Crippen LogP contribution in [0, 0.1) is 11.2 Å². The second kappa shape index (κ2) is 19.6. The third-order valence-electron chi connectivity index (χ3n) is 10.1. The maximum Gasteiger partial charge on any atom is 0.424 e. The number of amides is 4. The van der Waals surface area contributed by atoms with E-state index in [0.717, 1.165) is 17.0 Å². The topological polar surface area (TPSA) is 183 Å². The number of esters is 1. The summed E-state index contributed by atoms with van der Waals surface area (Å²) in [5.74, 6) is -4.14. The number of alkyl carbamates (subject to hydrolysis) is 1. The standard InChI is InChI=1S/C46H48F5N7O9/c1-26(27-8-13-31(47)14-9-27)38(59)52-33-15-10-28(11-16-33)29-18-19-57-36(21-29)53-41(55-57)58(43(63)66-25-65-40(61)37(44(2,3)4)54-42(62)67-45(5,6)7)34-17-12-30(39(60)56-22-32(48)23-56)20-35(34)64-24-46(49,50)51/h8-21,26,32,37H,22-25H2,1-7H3,(H,52,59)(H,54,62). The Morgan fingerprint density at radius 1 is 0.866 bits per heavy atom. The molecular formula is C46H48F5N7O9. The Morgan fingerprint density at radius 3 is 2.15 bits per heavy atom. The normalized spacial score (nSPS) is 14.1. The van der Waals surface area contributed by atoms with Gasteiger partial charge in [-0.25, -0.2) is 32.6 Å². The Kier molecular flexibility index (Phi) is 14.4. The number of ether oxygens (including phenoxy) is 4. The molecule has 2 atom stereocenters. The van der Waals surface area contributed by atoms with Crippen molar-refractivity contribution < 1.29 is 64.9 Å². The van der Waals surface area contributed by atoms with Crippen LogP contribution >= 0.6 is 0 Å². The molecule has 356 valence electrons. The van der Waals surface area contributed by atoms with E-state index < -0.39 is 96.0 Å². The van der Waals surface area contributed by atoms with Gasteiger partial charge in [0.25, 0.3) is 11.9 Å². The minimum absolute atomic E-state index is 0.131. The van der Waals surface area contributed by atoms with Crippen LogP contribution in [0.15, 0.2) is 85.1 Å². The lowest BCUT2D eigenvalue weighted by atomic mass is 9.87. The van der Waals surface area contributed by atoms with Crippen molar-refractivity contribution in [2.45, 2.75) is 78.4 Å². The largest absolute Gasteiger partial charge is 0.482 e. The van der Waals surface area contributed by atoms with Gasteiger partial charge in [-0.05, 0) is 104 Å². The molecule has 16 nitrogen and oxygen atoms in total. The highest BCUT2D eigenvalue weighted by atomic mass is 19.4. The first-order chi connectivity index (χ1) is 31.3. The van der Waals surface area contributed by atoms with E-state index in [9.17, 15) is 45.9 Å². The predicted octanol–water partition coefficient (Wildman–Crippen LogP) is 8.73. The number of carbonyl (C=O) groups excluding carboxylic acids is 5. The molecule has 0 aliphatic carbocycles. The molecule has 6 rings (SSSR count). The van der Waals surface area contributed by atoms with Gasteiger partial charge in [0.2, 0.25) is 12.7 Å². The van der Waals surface area contributed by atoms with Gasteiger partial charge in [0.1, 0.15) is 29.4 Å². The van der Waals surface area contributed by atoms with Gasteiger partial charge >= 0.3 is 24.3 Å². The van der Waals surface area contributed by atoms with Crippen LogP contribution in [0.1, 0.15) is 70.3 Å². The highest BCUT2D eigenvalue weighted by Crippen LogP contribution is 2.37. The summed E-state index contributed by atoms with van der Waals surface area (Å²) in [4.78, 5) is 72.3. The molecule has 2 unspecified atom stereocenters. The summed E-state index contributed by atoms with van der Waals surface area (Å²) in [6.07, 6.45) is -6.95. The molecule has 2 N–H and O–H groups in total. The minimum Gasteiger partial charge on any atom is -0.482 e. The summed E-state index contributed by atoms with van der Waals surface area (Å²) in [5.41, 5.74) is 0.0571. The first-order valence-corrected chi connectivity index (χ1v) is 20.8. The van der Waals surface area contributed by atoms with E-state index in [2.05, 4.69) is 20.7 Å². The number of nitrogens with zero attached hydrogens (tertiary/aromatic N) is 5. The summed E-state index contributed by atoms with van der Waals surface area (Å²) in [7, 11) is 0. The summed E-state index contributed by atoms with van der Waals surface area (Å²) >= 11 is 0. The van der Waals surface area contributed by atoms with E-state index in [1.165, 1.54) is 41.0 Å². The number of aromatic nitrogens is 3. The number of likely N-dealkylation sites (tertiary alicyclic amines) is 1. The van der Waals surface area contributed by atoms with E-state index >= 15 is 0 Å². The van der Waals surface area contributed by atoms with Crippen LogP contribution in [0.2, 0.25) is 0 Å². The number of halogens is 5. The van der Waals surface area contributed by atoms with Crippen LogP contribution in [0.25, 0.3) is 16.8 Å². The molecule has 1 saturated heterocycles. The number of hydrogen-bond acceptors (Lipinski definition) is 11. The van der Waals surface area contributed by atoms with Gasteiger partial charge in [-0.3, -0.25) is 9.59 Å². The molecule has 0 spiro atoms. The number of fused-ring (bicyclic) bond motifs is 1. The van der Waals surface area contributed by atoms with Crippen molar-refractivity contribution in [1.29, 1.82) is 0 Å². The van der Waals surface area contributed by atoms with Gasteiger partial charge in [-0.2, -0.15) is 18.2 Å². The Hall–Kier alpha value is -7.32. The molecule has 1 aliphatic heterocycles. The number of rotatable bonds is 13. The SMILES string of the molecule is CC(C(=O)Nc1ccc(-c2ccn3nc(N(C(=O)OCOC(=O)C(NC(=O)OC(C)(C)C)C(C)(C)C)c4ccc(C(=O)N5CC(F)C5)cc4OCC(F)(F)F)nc3c2)cc1)c1ccc(F)cc1. The second-order valence-corrected chi connectivity index (χ2v) is 17.6. The average Bonchev–Trinajstić information content (AvgIpc) is 3.65. The molecule has 1 aliphatic rings. The van der Waals surface area contributed by atoms with Crippen molar-refractivity contribution in [3.63, 3.8) is 0 Å². The molecule has 21 heteroatoms. The summed E-state index contributed by atoms with van der Waals surface area (Å²) < 4.78 is 90.2. The monoisotopic (exact) mass is 937 g/mol. The number of carbonyl (C=O) groups is 5. The molecule has 4 amide bonds. The number of pyridine rings is 1. The zero-order valence-corrected chi connectivity index (χ0v) is 37.4. The maximum absolute atomic E-state index is 14.1. The Balaban J connectivity index is 1.29. The molecule has 0 saturated carbocycles. The highest BCUT2D eigenvalue weighted by molar-refractivity contribution is 6.00. The average molecular weight is 938 g/mol. The summed E-state index contributed by atoms with van der Waals surface area (Å²) in [6, 6.07) is 17.6. The quantitative estimate of drug-likeness (QED) is 0.0654. The van der Waals surface area contributed by atoms with Crippen molar-refractivity contribution in [3.8, 4) is 16.9 Å². The van der Waals surface area contributed by atoms with Crippen molar-refractivity contribution in [2.75, 3.05) is 36.7 Å². The van der Waals surface area contributed by atoms with Crippen LogP contribution in [-0.2, 0) is 23.8 Å². The predicted molar refractivity (Wildman–Crippen MR) is 233 cm³/mol. The summed E-state index contributed by atoms with van der Waals surface area (Å²) in [5, 5.41) is 9.65. The number of benzene rings is 3. The lowest BCUT2D eigenvalue weighted by Crippen LogP contribution is -2.51. The van der Waals surface area contributed by atoms with Crippen LogP contribution < -0.4 is 20.3 Å². The van der Waals surface area contributed by atoms with Gasteiger partial charge in [0, 0.05) is 17.4 Å². The van der Waals surface area contributed by atoms with E-state index in [1.807, 2.05) is 0 Å². The third-order valence-corrected chi connectivity index (χ3v) is 10.1.